The summed E-state index contributed by atoms with van der Waals surface area (Å²) in [6.07, 6.45) is 6.59. The Bertz CT molecular complexity index is 298. The Balaban J connectivity index is 2.58. The summed E-state index contributed by atoms with van der Waals surface area (Å²) in [5.74, 6) is 0.363. The van der Waals surface area contributed by atoms with Crippen molar-refractivity contribution in [3.63, 3.8) is 0 Å². The predicted octanol–water partition coefficient (Wildman–Crippen LogP) is 3.01. The van der Waals surface area contributed by atoms with Crippen molar-refractivity contribution in [2.75, 3.05) is 0 Å². The zero-order chi connectivity index (χ0) is 12.9. The van der Waals surface area contributed by atoms with Crippen molar-refractivity contribution in [3.8, 4) is 6.07 Å². The van der Waals surface area contributed by atoms with Gasteiger partial charge in [0.2, 0.25) is 5.91 Å². The van der Waals surface area contributed by atoms with E-state index in [-0.39, 0.29) is 17.4 Å². The first-order valence-corrected chi connectivity index (χ1v) is 6.72. The average molecular weight is 236 g/mol. The number of amides is 1. The van der Waals surface area contributed by atoms with Gasteiger partial charge in [0.15, 0.2) is 0 Å². The van der Waals surface area contributed by atoms with Crippen molar-refractivity contribution in [1.82, 2.24) is 5.32 Å². The Labute approximate surface area is 105 Å². The minimum Gasteiger partial charge on any atom is -0.340 e. The van der Waals surface area contributed by atoms with E-state index in [0.29, 0.717) is 5.92 Å². The van der Waals surface area contributed by atoms with Gasteiger partial charge in [-0.25, -0.2) is 0 Å². The number of nitrogens with one attached hydrogen (secondary N) is 1. The zero-order valence-electron chi connectivity index (χ0n) is 11.3. The maximum atomic E-state index is 12.0. The molecule has 0 heterocycles. The third kappa shape index (κ3) is 3.73. The van der Waals surface area contributed by atoms with Crippen molar-refractivity contribution in [3.05, 3.63) is 0 Å². The molecule has 0 bridgehead atoms. The summed E-state index contributed by atoms with van der Waals surface area (Å²) in [6.45, 7) is 5.86. The first kappa shape index (κ1) is 14.0. The van der Waals surface area contributed by atoms with Gasteiger partial charge in [0.25, 0.3) is 0 Å². The summed E-state index contributed by atoms with van der Waals surface area (Å²) in [7, 11) is 0. The van der Waals surface area contributed by atoms with Gasteiger partial charge >= 0.3 is 0 Å². The minimum absolute atomic E-state index is 0.0112. The molecule has 0 aliphatic heterocycles. The minimum atomic E-state index is -0.371. The molecule has 0 aromatic carbocycles. The van der Waals surface area contributed by atoms with E-state index in [0.717, 1.165) is 19.3 Å². The molecule has 1 rings (SSSR count). The molecular weight excluding hydrogens is 212 g/mol. The molecule has 1 amide bonds. The van der Waals surface area contributed by atoms with Gasteiger partial charge in [-0.2, -0.15) is 5.26 Å². The monoisotopic (exact) mass is 236 g/mol. The molecule has 3 nitrogen and oxygen atoms in total. The van der Waals surface area contributed by atoms with Crippen LogP contribution in [0.2, 0.25) is 0 Å². The van der Waals surface area contributed by atoms with Crippen LogP contribution in [0, 0.1) is 22.7 Å². The Kier molecular flexibility index (Phi) is 4.99. The number of carbonyl (C=O) groups excluding carboxylic acids is 1. The second-order valence-corrected chi connectivity index (χ2v) is 5.72. The van der Waals surface area contributed by atoms with Crippen LogP contribution in [0.4, 0.5) is 0 Å². The van der Waals surface area contributed by atoms with Crippen LogP contribution in [0.1, 0.15) is 59.3 Å². The van der Waals surface area contributed by atoms with Crippen molar-refractivity contribution in [1.29, 1.82) is 5.26 Å². The normalized spacial score (nSPS) is 19.4. The first-order valence-electron chi connectivity index (χ1n) is 6.72. The molecule has 17 heavy (non-hydrogen) atoms. The van der Waals surface area contributed by atoms with E-state index in [1.165, 1.54) is 19.3 Å². The quantitative estimate of drug-likeness (QED) is 0.815. The number of nitrogens with zero attached hydrogens (tertiary/aromatic N) is 1. The van der Waals surface area contributed by atoms with Gasteiger partial charge in [0.05, 0.1) is 6.07 Å². The number of rotatable bonds is 4. The lowest BCUT2D eigenvalue weighted by Gasteiger charge is -2.29. The molecule has 0 radical (unpaired) electrons. The fourth-order valence-corrected chi connectivity index (χ4v) is 2.22. The molecule has 1 atom stereocenters. The largest absolute Gasteiger partial charge is 0.340 e. The number of hydrogen-bond donors (Lipinski definition) is 1. The molecular formula is C14H24N2O. The Morgan fingerprint density at radius 1 is 1.41 bits per heavy atom. The molecule has 0 spiro atoms. The van der Waals surface area contributed by atoms with Gasteiger partial charge in [-0.05, 0) is 25.2 Å². The zero-order valence-corrected chi connectivity index (χ0v) is 11.3. The van der Waals surface area contributed by atoms with E-state index >= 15 is 0 Å². The third-order valence-corrected chi connectivity index (χ3v) is 4.05. The molecule has 1 aliphatic carbocycles. The highest BCUT2D eigenvalue weighted by Crippen LogP contribution is 2.27. The maximum absolute atomic E-state index is 12.0. The van der Waals surface area contributed by atoms with E-state index in [9.17, 15) is 10.1 Å². The van der Waals surface area contributed by atoms with Gasteiger partial charge in [-0.3, -0.25) is 4.79 Å². The molecule has 0 aromatic heterocycles. The summed E-state index contributed by atoms with van der Waals surface area (Å²) in [4.78, 5) is 12.0. The van der Waals surface area contributed by atoms with Crippen molar-refractivity contribution >= 4 is 5.91 Å². The first-order chi connectivity index (χ1) is 8.01. The molecule has 96 valence electrons. The van der Waals surface area contributed by atoms with Crippen LogP contribution in [0.25, 0.3) is 0 Å². The second-order valence-electron chi connectivity index (χ2n) is 5.72. The van der Waals surface area contributed by atoms with Crippen LogP contribution in [-0.2, 0) is 4.79 Å². The molecule has 1 aliphatic rings. The second kappa shape index (κ2) is 6.05. The number of carbonyl (C=O) groups is 1. The fourth-order valence-electron chi connectivity index (χ4n) is 2.22. The lowest BCUT2D eigenvalue weighted by molar-refractivity contribution is -0.130. The number of nitriles is 1. The fraction of sp³-hybridized carbons (Fsp3) is 0.857. The van der Waals surface area contributed by atoms with E-state index in [2.05, 4.69) is 11.4 Å². The van der Waals surface area contributed by atoms with Crippen LogP contribution in [-0.4, -0.2) is 11.9 Å². The van der Waals surface area contributed by atoms with Crippen molar-refractivity contribution < 1.29 is 4.79 Å². The highest BCUT2D eigenvalue weighted by Gasteiger charge is 2.30. The SMILES string of the molecule is CCC(C)(C)C(=O)NC(C#N)C1CCCCC1. The maximum Gasteiger partial charge on any atom is 0.226 e. The topological polar surface area (TPSA) is 52.9 Å². The molecule has 0 saturated heterocycles. The van der Waals surface area contributed by atoms with Crippen LogP contribution >= 0.6 is 0 Å². The lowest BCUT2D eigenvalue weighted by Crippen LogP contribution is -2.45. The van der Waals surface area contributed by atoms with E-state index in [1.807, 2.05) is 20.8 Å². The Hall–Kier alpha value is -1.04. The molecule has 0 aromatic rings. The lowest BCUT2D eigenvalue weighted by atomic mass is 9.83. The molecule has 1 N–H and O–H groups in total. The van der Waals surface area contributed by atoms with Gasteiger partial charge < -0.3 is 5.32 Å². The molecule has 1 unspecified atom stereocenters. The van der Waals surface area contributed by atoms with Crippen molar-refractivity contribution in [2.45, 2.75) is 65.3 Å². The Morgan fingerprint density at radius 3 is 2.47 bits per heavy atom. The van der Waals surface area contributed by atoms with Gasteiger partial charge in [-0.15, -0.1) is 0 Å². The van der Waals surface area contributed by atoms with Crippen molar-refractivity contribution in [2.24, 2.45) is 11.3 Å². The predicted molar refractivity (Wildman–Crippen MR) is 68.2 cm³/mol. The summed E-state index contributed by atoms with van der Waals surface area (Å²) in [5.41, 5.74) is -0.371. The number of hydrogen-bond acceptors (Lipinski definition) is 2. The van der Waals surface area contributed by atoms with E-state index in [1.54, 1.807) is 0 Å². The average Bonchev–Trinajstić information content (AvgIpc) is 2.36. The molecule has 3 heteroatoms. The van der Waals surface area contributed by atoms with Gasteiger partial charge in [0.1, 0.15) is 6.04 Å². The van der Waals surface area contributed by atoms with E-state index < -0.39 is 0 Å². The smallest absolute Gasteiger partial charge is 0.226 e. The molecule has 1 saturated carbocycles. The summed E-state index contributed by atoms with van der Waals surface area (Å²) in [5, 5.41) is 12.1. The van der Waals surface area contributed by atoms with Crippen LogP contribution in [0.3, 0.4) is 0 Å². The standard InChI is InChI=1S/C14H24N2O/c1-4-14(2,3)13(17)16-12(10-15)11-8-6-5-7-9-11/h11-12H,4-9H2,1-3H3,(H,16,17). The molecule has 1 fully saturated rings. The van der Waals surface area contributed by atoms with Crippen LogP contribution in [0.5, 0.6) is 0 Å². The highest BCUT2D eigenvalue weighted by atomic mass is 16.2. The van der Waals surface area contributed by atoms with E-state index in [4.69, 9.17) is 0 Å². The summed E-state index contributed by atoms with van der Waals surface area (Å²) < 4.78 is 0. The third-order valence-electron chi connectivity index (χ3n) is 4.05. The highest BCUT2D eigenvalue weighted by molar-refractivity contribution is 5.82. The van der Waals surface area contributed by atoms with Crippen LogP contribution < -0.4 is 5.32 Å². The summed E-state index contributed by atoms with van der Waals surface area (Å²) >= 11 is 0. The van der Waals surface area contributed by atoms with Gasteiger partial charge in [-0.1, -0.05) is 40.0 Å². The summed E-state index contributed by atoms with van der Waals surface area (Å²) in [6, 6.07) is 1.97. The van der Waals surface area contributed by atoms with Crippen LogP contribution in [0.15, 0.2) is 0 Å². The van der Waals surface area contributed by atoms with Gasteiger partial charge in [0, 0.05) is 5.41 Å². The Morgan fingerprint density at radius 2 is 2.00 bits per heavy atom.